The second-order valence-corrected chi connectivity index (χ2v) is 6.95. The topological polar surface area (TPSA) is 58.6 Å². The molecular weight excluding hydrogens is 328 g/mol. The molecule has 2 aliphatic rings. The molecule has 26 heavy (non-hydrogen) atoms. The lowest BCUT2D eigenvalue weighted by Crippen LogP contribution is -2.36. The molecule has 1 fully saturated rings. The molecule has 0 saturated heterocycles. The highest BCUT2D eigenvalue weighted by atomic mass is 16.5. The maximum absolute atomic E-state index is 12.3. The minimum absolute atomic E-state index is 0.237. The molecule has 0 atom stereocenters. The van der Waals surface area contributed by atoms with Gasteiger partial charge in [-0.15, -0.1) is 0 Å². The van der Waals surface area contributed by atoms with Gasteiger partial charge in [0.25, 0.3) is 0 Å². The SMILES string of the molecule is O=C(Nc1ccc2c(c1)CN(C(=O)C1CC1)CC2)OCc1ccccc1. The monoisotopic (exact) mass is 350 g/mol. The number of fused-ring (bicyclic) bond motifs is 1. The minimum Gasteiger partial charge on any atom is -0.444 e. The van der Waals surface area contributed by atoms with Crippen LogP contribution in [0.3, 0.4) is 0 Å². The van der Waals surface area contributed by atoms with E-state index in [1.54, 1.807) is 0 Å². The first-order valence-electron chi connectivity index (χ1n) is 9.07. The van der Waals surface area contributed by atoms with Crippen LogP contribution in [-0.4, -0.2) is 23.4 Å². The Balaban J connectivity index is 1.36. The van der Waals surface area contributed by atoms with Gasteiger partial charge in [-0.05, 0) is 48.1 Å². The zero-order valence-electron chi connectivity index (χ0n) is 14.6. The Morgan fingerprint density at radius 2 is 1.88 bits per heavy atom. The van der Waals surface area contributed by atoms with Crippen molar-refractivity contribution in [1.29, 1.82) is 0 Å². The van der Waals surface area contributed by atoms with E-state index in [0.717, 1.165) is 36.9 Å². The Morgan fingerprint density at radius 1 is 1.08 bits per heavy atom. The van der Waals surface area contributed by atoms with E-state index in [1.807, 2.05) is 53.4 Å². The van der Waals surface area contributed by atoms with Crippen molar-refractivity contribution < 1.29 is 14.3 Å². The smallest absolute Gasteiger partial charge is 0.411 e. The Hall–Kier alpha value is -2.82. The third-order valence-electron chi connectivity index (χ3n) is 4.92. The lowest BCUT2D eigenvalue weighted by Gasteiger charge is -2.29. The Labute approximate surface area is 153 Å². The van der Waals surface area contributed by atoms with E-state index < -0.39 is 6.09 Å². The number of nitrogens with zero attached hydrogens (tertiary/aromatic N) is 1. The van der Waals surface area contributed by atoms with Gasteiger partial charge in [-0.3, -0.25) is 10.1 Å². The number of rotatable bonds is 4. The van der Waals surface area contributed by atoms with Crippen molar-refractivity contribution in [2.24, 2.45) is 5.92 Å². The van der Waals surface area contributed by atoms with Crippen LogP contribution < -0.4 is 5.32 Å². The van der Waals surface area contributed by atoms with E-state index in [9.17, 15) is 9.59 Å². The average molecular weight is 350 g/mol. The molecule has 4 rings (SSSR count). The van der Waals surface area contributed by atoms with Crippen molar-refractivity contribution in [1.82, 2.24) is 4.90 Å². The average Bonchev–Trinajstić information content (AvgIpc) is 3.51. The van der Waals surface area contributed by atoms with Gasteiger partial charge in [0.15, 0.2) is 0 Å². The quantitative estimate of drug-likeness (QED) is 0.914. The molecule has 134 valence electrons. The van der Waals surface area contributed by atoms with Crippen LogP contribution in [0.2, 0.25) is 0 Å². The molecule has 0 unspecified atom stereocenters. The minimum atomic E-state index is -0.476. The molecule has 0 aromatic heterocycles. The van der Waals surface area contributed by atoms with Crippen LogP contribution in [0.4, 0.5) is 10.5 Å². The Bertz CT molecular complexity index is 815. The molecule has 2 aromatic rings. The summed E-state index contributed by atoms with van der Waals surface area (Å²) in [5, 5.41) is 2.78. The summed E-state index contributed by atoms with van der Waals surface area (Å²) in [5.74, 6) is 0.516. The number of hydrogen-bond donors (Lipinski definition) is 1. The largest absolute Gasteiger partial charge is 0.444 e. The highest BCUT2D eigenvalue weighted by Gasteiger charge is 2.34. The first-order chi connectivity index (χ1) is 12.7. The van der Waals surface area contributed by atoms with Gasteiger partial charge in [0.05, 0.1) is 0 Å². The fourth-order valence-electron chi connectivity index (χ4n) is 3.29. The van der Waals surface area contributed by atoms with Gasteiger partial charge in [0, 0.05) is 24.7 Å². The van der Waals surface area contributed by atoms with Crippen molar-refractivity contribution in [2.45, 2.75) is 32.4 Å². The summed E-state index contributed by atoms with van der Waals surface area (Å²) < 4.78 is 5.26. The molecule has 2 amide bonds. The number of anilines is 1. The van der Waals surface area contributed by atoms with E-state index in [4.69, 9.17) is 4.74 Å². The number of carbonyl (C=O) groups excluding carboxylic acids is 2. The van der Waals surface area contributed by atoms with Crippen molar-refractivity contribution in [3.05, 3.63) is 65.2 Å². The Morgan fingerprint density at radius 3 is 2.65 bits per heavy atom. The zero-order valence-corrected chi connectivity index (χ0v) is 14.6. The van der Waals surface area contributed by atoms with Gasteiger partial charge in [-0.25, -0.2) is 4.79 Å². The van der Waals surface area contributed by atoms with Gasteiger partial charge in [0.2, 0.25) is 5.91 Å². The zero-order chi connectivity index (χ0) is 17.9. The summed E-state index contributed by atoms with van der Waals surface area (Å²) in [6.07, 6.45) is 2.44. The van der Waals surface area contributed by atoms with E-state index in [2.05, 4.69) is 5.32 Å². The van der Waals surface area contributed by atoms with Gasteiger partial charge in [-0.1, -0.05) is 36.4 Å². The number of benzene rings is 2. The standard InChI is InChI=1S/C21H22N2O3/c24-20(17-6-7-17)23-11-10-16-8-9-19(12-18(16)13-23)22-21(25)26-14-15-4-2-1-3-5-15/h1-5,8-9,12,17H,6-7,10-11,13-14H2,(H,22,25). The Kier molecular flexibility index (Phi) is 4.61. The molecule has 1 heterocycles. The van der Waals surface area contributed by atoms with Crippen molar-refractivity contribution >= 4 is 17.7 Å². The predicted octanol–water partition coefficient (Wildman–Crippen LogP) is 3.73. The van der Waals surface area contributed by atoms with Gasteiger partial charge >= 0.3 is 6.09 Å². The number of nitrogens with one attached hydrogen (secondary N) is 1. The van der Waals surface area contributed by atoms with Gasteiger partial charge in [0.1, 0.15) is 6.61 Å². The highest BCUT2D eigenvalue weighted by Crippen LogP contribution is 2.33. The molecule has 1 aliphatic carbocycles. The molecule has 5 heteroatoms. The molecule has 0 radical (unpaired) electrons. The molecule has 0 bridgehead atoms. The van der Waals surface area contributed by atoms with Crippen LogP contribution in [0.25, 0.3) is 0 Å². The summed E-state index contributed by atoms with van der Waals surface area (Å²) in [5.41, 5.74) is 3.99. The predicted molar refractivity (Wildman–Crippen MR) is 98.5 cm³/mol. The van der Waals surface area contributed by atoms with Crippen molar-refractivity contribution in [3.63, 3.8) is 0 Å². The molecule has 0 spiro atoms. The van der Waals surface area contributed by atoms with Gasteiger partial charge in [-0.2, -0.15) is 0 Å². The maximum Gasteiger partial charge on any atom is 0.411 e. The first-order valence-corrected chi connectivity index (χ1v) is 9.07. The van der Waals surface area contributed by atoms with E-state index in [0.29, 0.717) is 12.2 Å². The lowest BCUT2D eigenvalue weighted by atomic mass is 9.98. The normalized spacial score (nSPS) is 15.9. The van der Waals surface area contributed by atoms with Crippen LogP contribution in [0, 0.1) is 5.92 Å². The third kappa shape index (κ3) is 3.87. The lowest BCUT2D eigenvalue weighted by molar-refractivity contribution is -0.133. The molecule has 2 aromatic carbocycles. The molecular formula is C21H22N2O3. The fraction of sp³-hybridized carbons (Fsp3) is 0.333. The number of hydrogen-bond acceptors (Lipinski definition) is 3. The summed E-state index contributed by atoms with van der Waals surface area (Å²) >= 11 is 0. The van der Waals surface area contributed by atoms with Crippen molar-refractivity contribution in [2.75, 3.05) is 11.9 Å². The van der Waals surface area contributed by atoms with Crippen LogP contribution in [-0.2, 0) is 29.1 Å². The van der Waals surface area contributed by atoms with Crippen LogP contribution >= 0.6 is 0 Å². The summed E-state index contributed by atoms with van der Waals surface area (Å²) in [6.45, 7) is 1.65. The van der Waals surface area contributed by atoms with Crippen LogP contribution in [0.5, 0.6) is 0 Å². The van der Waals surface area contributed by atoms with Crippen LogP contribution in [0.15, 0.2) is 48.5 Å². The summed E-state index contributed by atoms with van der Waals surface area (Å²) in [6, 6.07) is 15.4. The van der Waals surface area contributed by atoms with Crippen molar-refractivity contribution in [3.8, 4) is 0 Å². The molecule has 1 N–H and O–H groups in total. The second kappa shape index (κ2) is 7.20. The van der Waals surface area contributed by atoms with E-state index in [-0.39, 0.29) is 18.4 Å². The number of carbonyl (C=O) groups is 2. The molecule has 5 nitrogen and oxygen atoms in total. The molecule has 1 aliphatic heterocycles. The highest BCUT2D eigenvalue weighted by molar-refractivity contribution is 5.85. The fourth-order valence-corrected chi connectivity index (χ4v) is 3.29. The number of ether oxygens (including phenoxy) is 1. The van der Waals surface area contributed by atoms with E-state index in [1.165, 1.54) is 5.56 Å². The molecule has 1 saturated carbocycles. The third-order valence-corrected chi connectivity index (χ3v) is 4.92. The van der Waals surface area contributed by atoms with Crippen LogP contribution in [0.1, 0.15) is 29.5 Å². The maximum atomic E-state index is 12.3. The second-order valence-electron chi connectivity index (χ2n) is 6.95. The van der Waals surface area contributed by atoms with E-state index >= 15 is 0 Å². The first kappa shape index (κ1) is 16.6. The summed E-state index contributed by atoms with van der Waals surface area (Å²) in [7, 11) is 0. The number of amides is 2. The summed E-state index contributed by atoms with van der Waals surface area (Å²) in [4.78, 5) is 26.3. The van der Waals surface area contributed by atoms with Gasteiger partial charge < -0.3 is 9.64 Å².